The number of fused-ring (bicyclic) bond motifs is 1. The van der Waals surface area contributed by atoms with E-state index in [1.807, 2.05) is 6.07 Å². The minimum Gasteiger partial charge on any atom is -0.358 e. The Kier molecular flexibility index (Phi) is 5.01. The van der Waals surface area contributed by atoms with Gasteiger partial charge in [0.05, 0.1) is 5.69 Å². The lowest BCUT2D eigenvalue weighted by atomic mass is 10.1. The van der Waals surface area contributed by atoms with Crippen LogP contribution in [0.1, 0.15) is 32.9 Å². The van der Waals surface area contributed by atoms with Crippen molar-refractivity contribution in [1.29, 1.82) is 0 Å². The van der Waals surface area contributed by atoms with E-state index in [0.717, 1.165) is 31.1 Å². The van der Waals surface area contributed by atoms with E-state index in [-0.39, 0.29) is 0 Å². The maximum absolute atomic E-state index is 4.79. The van der Waals surface area contributed by atoms with E-state index in [4.69, 9.17) is 4.98 Å². The van der Waals surface area contributed by atoms with Gasteiger partial charge in [-0.05, 0) is 31.0 Å². The number of hydrogen-bond donors (Lipinski definition) is 1. The summed E-state index contributed by atoms with van der Waals surface area (Å²) >= 11 is 0. The standard InChI is InChI=1S/C16H26N4/c1-5-17-12-14-16(19(4)11-9-13(2)3)18-15-8-6-7-10-20(14)15/h6-8,10,13,17H,5,9,11-12H2,1-4H3. The minimum atomic E-state index is 0.715. The van der Waals surface area contributed by atoms with Gasteiger partial charge in [-0.25, -0.2) is 4.98 Å². The summed E-state index contributed by atoms with van der Waals surface area (Å²) in [7, 11) is 2.14. The molecule has 0 atom stereocenters. The summed E-state index contributed by atoms with van der Waals surface area (Å²) in [6, 6.07) is 6.16. The van der Waals surface area contributed by atoms with Crippen molar-refractivity contribution in [1.82, 2.24) is 14.7 Å². The van der Waals surface area contributed by atoms with Gasteiger partial charge in [0.15, 0.2) is 5.82 Å². The van der Waals surface area contributed by atoms with Gasteiger partial charge in [-0.2, -0.15) is 0 Å². The third-order valence-electron chi connectivity index (χ3n) is 3.55. The topological polar surface area (TPSA) is 32.6 Å². The van der Waals surface area contributed by atoms with E-state index in [1.165, 1.54) is 12.1 Å². The third kappa shape index (κ3) is 3.31. The van der Waals surface area contributed by atoms with Crippen molar-refractivity contribution in [2.24, 2.45) is 5.92 Å². The van der Waals surface area contributed by atoms with Gasteiger partial charge in [0.1, 0.15) is 5.65 Å². The Morgan fingerprint density at radius 2 is 2.15 bits per heavy atom. The van der Waals surface area contributed by atoms with E-state index >= 15 is 0 Å². The van der Waals surface area contributed by atoms with Gasteiger partial charge in [0.25, 0.3) is 0 Å². The Hall–Kier alpha value is -1.55. The molecule has 0 spiro atoms. The molecule has 0 radical (unpaired) electrons. The van der Waals surface area contributed by atoms with Crippen molar-refractivity contribution < 1.29 is 0 Å². The van der Waals surface area contributed by atoms with E-state index in [0.29, 0.717) is 5.92 Å². The number of pyridine rings is 1. The van der Waals surface area contributed by atoms with Crippen LogP contribution in [0.4, 0.5) is 5.82 Å². The van der Waals surface area contributed by atoms with Crippen molar-refractivity contribution in [3.8, 4) is 0 Å². The molecule has 0 fully saturated rings. The molecule has 4 nitrogen and oxygen atoms in total. The number of rotatable bonds is 7. The first kappa shape index (κ1) is 14.9. The number of aromatic nitrogens is 2. The molecule has 20 heavy (non-hydrogen) atoms. The van der Waals surface area contributed by atoms with E-state index in [9.17, 15) is 0 Å². The van der Waals surface area contributed by atoms with Gasteiger partial charge in [0.2, 0.25) is 0 Å². The van der Waals surface area contributed by atoms with Crippen LogP contribution in [-0.4, -0.2) is 29.5 Å². The highest BCUT2D eigenvalue weighted by Crippen LogP contribution is 2.21. The van der Waals surface area contributed by atoms with Gasteiger partial charge in [-0.3, -0.25) is 0 Å². The lowest BCUT2D eigenvalue weighted by Crippen LogP contribution is -2.23. The molecule has 0 aliphatic rings. The van der Waals surface area contributed by atoms with Gasteiger partial charge in [0, 0.05) is 26.3 Å². The first-order chi connectivity index (χ1) is 9.63. The molecule has 0 aliphatic carbocycles. The maximum Gasteiger partial charge on any atom is 0.152 e. The molecule has 0 aliphatic heterocycles. The lowest BCUT2D eigenvalue weighted by Gasteiger charge is -2.19. The number of nitrogens with zero attached hydrogens (tertiary/aromatic N) is 3. The Labute approximate surface area is 121 Å². The van der Waals surface area contributed by atoms with Crippen LogP contribution in [0.15, 0.2) is 24.4 Å². The lowest BCUT2D eigenvalue weighted by molar-refractivity contribution is 0.582. The van der Waals surface area contributed by atoms with E-state index in [2.05, 4.69) is 60.8 Å². The van der Waals surface area contributed by atoms with Crippen LogP contribution < -0.4 is 10.2 Å². The predicted octanol–water partition coefficient (Wildman–Crippen LogP) is 2.93. The number of imidazole rings is 1. The van der Waals surface area contributed by atoms with Crippen molar-refractivity contribution in [3.63, 3.8) is 0 Å². The summed E-state index contributed by atoms with van der Waals surface area (Å²) < 4.78 is 2.18. The predicted molar refractivity (Wildman–Crippen MR) is 85.3 cm³/mol. The highest BCUT2D eigenvalue weighted by molar-refractivity contribution is 5.55. The fourth-order valence-electron chi connectivity index (χ4n) is 2.31. The third-order valence-corrected chi connectivity index (χ3v) is 3.55. The minimum absolute atomic E-state index is 0.715. The zero-order chi connectivity index (χ0) is 14.5. The molecule has 0 saturated heterocycles. The molecule has 1 N–H and O–H groups in total. The number of hydrogen-bond acceptors (Lipinski definition) is 3. The monoisotopic (exact) mass is 274 g/mol. The van der Waals surface area contributed by atoms with Crippen LogP contribution in [0.5, 0.6) is 0 Å². The van der Waals surface area contributed by atoms with Crippen molar-refractivity contribution in [3.05, 3.63) is 30.1 Å². The molecule has 2 aromatic heterocycles. The summed E-state index contributed by atoms with van der Waals surface area (Å²) in [5.74, 6) is 1.81. The van der Waals surface area contributed by atoms with Gasteiger partial charge < -0.3 is 14.6 Å². The summed E-state index contributed by atoms with van der Waals surface area (Å²) in [5, 5.41) is 3.42. The second-order valence-corrected chi connectivity index (χ2v) is 5.70. The Bertz CT molecular complexity index is 544. The molecule has 0 bridgehead atoms. The van der Waals surface area contributed by atoms with Crippen LogP contribution in [-0.2, 0) is 6.54 Å². The molecule has 0 saturated carbocycles. The second-order valence-electron chi connectivity index (χ2n) is 5.70. The van der Waals surface area contributed by atoms with Gasteiger partial charge in [-0.15, -0.1) is 0 Å². The fraction of sp³-hybridized carbons (Fsp3) is 0.562. The van der Waals surface area contributed by atoms with Crippen LogP contribution in [0.25, 0.3) is 5.65 Å². The molecule has 0 aromatic carbocycles. The Morgan fingerprint density at radius 3 is 2.85 bits per heavy atom. The van der Waals surface area contributed by atoms with Gasteiger partial charge >= 0.3 is 0 Å². The normalized spacial score (nSPS) is 11.4. The average molecular weight is 274 g/mol. The zero-order valence-electron chi connectivity index (χ0n) is 13.1. The highest BCUT2D eigenvalue weighted by atomic mass is 15.2. The molecule has 0 amide bonds. The molecule has 2 heterocycles. The van der Waals surface area contributed by atoms with Crippen molar-refractivity contribution >= 4 is 11.5 Å². The number of nitrogens with one attached hydrogen (secondary N) is 1. The average Bonchev–Trinajstić information content (AvgIpc) is 2.81. The molecule has 2 aromatic rings. The van der Waals surface area contributed by atoms with Crippen LogP contribution in [0.2, 0.25) is 0 Å². The van der Waals surface area contributed by atoms with Gasteiger partial charge in [-0.1, -0.05) is 26.8 Å². The van der Waals surface area contributed by atoms with Crippen LogP contribution in [0.3, 0.4) is 0 Å². The van der Waals surface area contributed by atoms with Crippen LogP contribution >= 0.6 is 0 Å². The first-order valence-electron chi connectivity index (χ1n) is 7.51. The fourth-order valence-corrected chi connectivity index (χ4v) is 2.31. The van der Waals surface area contributed by atoms with Crippen molar-refractivity contribution in [2.75, 3.05) is 25.0 Å². The zero-order valence-corrected chi connectivity index (χ0v) is 13.1. The molecule has 0 unspecified atom stereocenters. The maximum atomic E-state index is 4.79. The first-order valence-corrected chi connectivity index (χ1v) is 7.51. The largest absolute Gasteiger partial charge is 0.358 e. The summed E-state index contributed by atoms with van der Waals surface area (Å²) in [6.45, 7) is 9.51. The quantitative estimate of drug-likeness (QED) is 0.842. The van der Waals surface area contributed by atoms with Crippen molar-refractivity contribution in [2.45, 2.75) is 33.7 Å². The summed E-state index contributed by atoms with van der Waals surface area (Å²) in [6.07, 6.45) is 3.28. The van der Waals surface area contributed by atoms with Crippen LogP contribution in [0, 0.1) is 5.92 Å². The smallest absolute Gasteiger partial charge is 0.152 e. The molecular weight excluding hydrogens is 248 g/mol. The Morgan fingerprint density at radius 1 is 1.35 bits per heavy atom. The molecule has 2 rings (SSSR count). The number of anilines is 1. The second kappa shape index (κ2) is 6.75. The highest BCUT2D eigenvalue weighted by Gasteiger charge is 2.15. The summed E-state index contributed by atoms with van der Waals surface area (Å²) in [5.41, 5.74) is 2.26. The molecular formula is C16H26N4. The van der Waals surface area contributed by atoms with E-state index in [1.54, 1.807) is 0 Å². The Balaban J connectivity index is 2.30. The molecule has 110 valence electrons. The molecule has 4 heteroatoms. The summed E-state index contributed by atoms with van der Waals surface area (Å²) in [4.78, 5) is 7.07. The van der Waals surface area contributed by atoms with E-state index < -0.39 is 0 Å². The SMILES string of the molecule is CCNCc1c(N(C)CCC(C)C)nc2ccccn12.